The smallest absolute Gasteiger partial charge is 0.0730 e. The number of hydrogen-bond donors (Lipinski definition) is 0. The van der Waals surface area contributed by atoms with Gasteiger partial charge in [0.1, 0.15) is 0 Å². The second kappa shape index (κ2) is 8.02. The molecule has 0 aliphatic carbocycles. The lowest BCUT2D eigenvalue weighted by Gasteiger charge is -2.25. The first-order valence-corrected chi connectivity index (χ1v) is 10.3. The third kappa shape index (κ3) is 3.64. The summed E-state index contributed by atoms with van der Waals surface area (Å²) >= 11 is 5.32. The molecule has 0 bridgehead atoms. The molecule has 1 aromatic heterocycles. The molecule has 0 atom stereocenters. The summed E-state index contributed by atoms with van der Waals surface area (Å²) in [4.78, 5) is 4.82. The molecule has 1 heterocycles. The third-order valence-electron chi connectivity index (χ3n) is 4.02. The van der Waals surface area contributed by atoms with Crippen molar-refractivity contribution in [1.82, 2.24) is 4.98 Å². The van der Waals surface area contributed by atoms with Gasteiger partial charge >= 0.3 is 0 Å². The van der Waals surface area contributed by atoms with Crippen LogP contribution in [0, 0.1) is 0 Å². The van der Waals surface area contributed by atoms with E-state index in [0.29, 0.717) is 0 Å². The highest BCUT2D eigenvalue weighted by atomic mass is 79.9. The number of halogens is 1. The molecule has 0 saturated heterocycles. The average molecular weight is 389 g/mol. The number of anilines is 1. The van der Waals surface area contributed by atoms with Gasteiger partial charge in [-0.2, -0.15) is 0 Å². The van der Waals surface area contributed by atoms with E-state index in [2.05, 4.69) is 75.0 Å². The van der Waals surface area contributed by atoms with Crippen LogP contribution in [0.5, 0.6) is 0 Å². The first-order chi connectivity index (χ1) is 11.3. The van der Waals surface area contributed by atoms with Gasteiger partial charge in [0.15, 0.2) is 0 Å². The Labute approximate surface area is 150 Å². The molecule has 4 heteroatoms. The zero-order chi connectivity index (χ0) is 16.1. The minimum absolute atomic E-state index is 1.06. The fraction of sp³-hybridized carbons (Fsp3) is 0.316. The molecule has 0 spiro atoms. The molecule has 3 aromatic rings. The number of rotatable bonds is 7. The lowest BCUT2D eigenvalue weighted by Crippen LogP contribution is -2.16. The van der Waals surface area contributed by atoms with Gasteiger partial charge in [0.2, 0.25) is 0 Å². The van der Waals surface area contributed by atoms with E-state index in [1.165, 1.54) is 35.7 Å². The molecule has 0 N–H and O–H groups in total. The summed E-state index contributed by atoms with van der Waals surface area (Å²) in [6.45, 7) is 1.06. The predicted octanol–water partition coefficient (Wildman–Crippen LogP) is 6.04. The van der Waals surface area contributed by atoms with E-state index in [9.17, 15) is 0 Å². The van der Waals surface area contributed by atoms with Crippen molar-refractivity contribution in [2.45, 2.75) is 19.3 Å². The fourth-order valence-electron chi connectivity index (χ4n) is 2.91. The van der Waals surface area contributed by atoms with Gasteiger partial charge in [0.05, 0.1) is 16.7 Å². The standard InChI is InChI=1S/C19H21BrN2S/c1-23-22(14-8-2-7-13-20)19-15-9-3-5-11-17(15)21-18-12-6-4-10-16(18)19/h3-6,9-12H,2,7-8,13-14H2,1H3. The number of pyridine rings is 1. The summed E-state index contributed by atoms with van der Waals surface area (Å²) in [5.41, 5.74) is 3.44. The van der Waals surface area contributed by atoms with Gasteiger partial charge in [-0.15, -0.1) is 0 Å². The van der Waals surface area contributed by atoms with Crippen LogP contribution in [-0.2, 0) is 0 Å². The first-order valence-electron chi connectivity index (χ1n) is 8.00. The molecule has 0 amide bonds. The van der Waals surface area contributed by atoms with Crippen LogP contribution in [0.1, 0.15) is 19.3 Å². The maximum absolute atomic E-state index is 4.82. The van der Waals surface area contributed by atoms with Crippen molar-refractivity contribution in [3.63, 3.8) is 0 Å². The molecule has 120 valence electrons. The van der Waals surface area contributed by atoms with Crippen molar-refractivity contribution in [2.24, 2.45) is 0 Å². The van der Waals surface area contributed by atoms with E-state index in [1.807, 2.05) is 0 Å². The Bertz CT molecular complexity index is 737. The van der Waals surface area contributed by atoms with Gasteiger partial charge in [-0.3, -0.25) is 0 Å². The van der Waals surface area contributed by atoms with Gasteiger partial charge < -0.3 is 4.31 Å². The first kappa shape index (κ1) is 16.6. The number of unbranched alkanes of at least 4 members (excludes halogenated alkanes) is 2. The summed E-state index contributed by atoms with van der Waals surface area (Å²) in [6.07, 6.45) is 5.86. The van der Waals surface area contributed by atoms with E-state index >= 15 is 0 Å². The topological polar surface area (TPSA) is 16.1 Å². The molecule has 2 aromatic carbocycles. The summed E-state index contributed by atoms with van der Waals surface area (Å²) in [5.74, 6) is 0. The van der Waals surface area contributed by atoms with Crippen LogP contribution in [0.25, 0.3) is 21.8 Å². The Hall–Kier alpha value is -1.26. The van der Waals surface area contributed by atoms with E-state index in [-0.39, 0.29) is 0 Å². The molecule has 0 aliphatic heterocycles. The number of nitrogens with zero attached hydrogens (tertiary/aromatic N) is 2. The maximum Gasteiger partial charge on any atom is 0.0730 e. The molecule has 0 unspecified atom stereocenters. The quantitative estimate of drug-likeness (QED) is 0.212. The number of hydrogen-bond acceptors (Lipinski definition) is 3. The van der Waals surface area contributed by atoms with Crippen molar-refractivity contribution in [3.8, 4) is 0 Å². The van der Waals surface area contributed by atoms with Crippen LogP contribution in [-0.4, -0.2) is 23.1 Å². The number of fused-ring (bicyclic) bond motifs is 2. The molecular weight excluding hydrogens is 368 g/mol. The second-order valence-corrected chi connectivity index (χ2v) is 7.13. The monoisotopic (exact) mass is 388 g/mol. The molecule has 0 radical (unpaired) electrons. The van der Waals surface area contributed by atoms with Crippen LogP contribution in [0.15, 0.2) is 48.5 Å². The number of para-hydroxylation sites is 2. The van der Waals surface area contributed by atoms with E-state index in [4.69, 9.17) is 4.98 Å². The number of alkyl halides is 1. The Morgan fingerprint density at radius 2 is 1.52 bits per heavy atom. The van der Waals surface area contributed by atoms with E-state index < -0.39 is 0 Å². The summed E-state index contributed by atoms with van der Waals surface area (Å²) < 4.78 is 2.43. The van der Waals surface area contributed by atoms with Crippen LogP contribution in [0.2, 0.25) is 0 Å². The number of aromatic nitrogens is 1. The average Bonchev–Trinajstić information content (AvgIpc) is 2.60. The van der Waals surface area contributed by atoms with E-state index in [0.717, 1.165) is 22.9 Å². The zero-order valence-corrected chi connectivity index (χ0v) is 15.7. The van der Waals surface area contributed by atoms with Crippen molar-refractivity contribution in [3.05, 3.63) is 48.5 Å². The SMILES string of the molecule is CSN(CCCCCBr)c1c2ccccc2nc2ccccc12. The van der Waals surface area contributed by atoms with E-state index in [1.54, 1.807) is 11.9 Å². The zero-order valence-electron chi connectivity index (χ0n) is 13.3. The lowest BCUT2D eigenvalue weighted by atomic mass is 10.1. The van der Waals surface area contributed by atoms with Crippen molar-refractivity contribution >= 4 is 55.4 Å². The third-order valence-corrected chi connectivity index (χ3v) is 5.39. The lowest BCUT2D eigenvalue weighted by molar-refractivity contribution is 0.738. The predicted molar refractivity (Wildman–Crippen MR) is 108 cm³/mol. The Morgan fingerprint density at radius 1 is 0.913 bits per heavy atom. The van der Waals surface area contributed by atoms with Gasteiger partial charge in [0, 0.05) is 28.9 Å². The van der Waals surface area contributed by atoms with Gasteiger partial charge in [-0.1, -0.05) is 70.7 Å². The fourth-order valence-corrected chi connectivity index (χ4v) is 3.99. The van der Waals surface area contributed by atoms with Crippen LogP contribution < -0.4 is 4.31 Å². The normalized spacial score (nSPS) is 11.2. The van der Waals surface area contributed by atoms with Crippen molar-refractivity contribution in [1.29, 1.82) is 0 Å². The van der Waals surface area contributed by atoms with Crippen molar-refractivity contribution < 1.29 is 0 Å². The minimum atomic E-state index is 1.06. The molecule has 0 aliphatic rings. The maximum atomic E-state index is 4.82. The Morgan fingerprint density at radius 3 is 2.09 bits per heavy atom. The van der Waals surface area contributed by atoms with Crippen molar-refractivity contribution in [2.75, 3.05) is 22.4 Å². The van der Waals surface area contributed by atoms with Gasteiger partial charge in [0.25, 0.3) is 0 Å². The van der Waals surface area contributed by atoms with Crippen LogP contribution in [0.4, 0.5) is 5.69 Å². The highest BCUT2D eigenvalue weighted by Crippen LogP contribution is 2.36. The Kier molecular flexibility index (Phi) is 5.79. The van der Waals surface area contributed by atoms with Gasteiger partial charge in [-0.25, -0.2) is 4.98 Å². The molecule has 0 fully saturated rings. The van der Waals surface area contributed by atoms with Crippen LogP contribution >= 0.6 is 27.9 Å². The molecule has 3 rings (SSSR count). The molecule has 0 saturated carbocycles. The van der Waals surface area contributed by atoms with Gasteiger partial charge in [-0.05, 0) is 25.0 Å². The molecule has 23 heavy (non-hydrogen) atoms. The summed E-state index contributed by atoms with van der Waals surface area (Å²) in [6, 6.07) is 16.9. The largest absolute Gasteiger partial charge is 0.315 e. The number of benzene rings is 2. The van der Waals surface area contributed by atoms with Crippen LogP contribution in [0.3, 0.4) is 0 Å². The molecule has 2 nitrogen and oxygen atoms in total. The summed E-state index contributed by atoms with van der Waals surface area (Å²) in [5, 5.41) is 3.56. The highest BCUT2D eigenvalue weighted by molar-refractivity contribution is 9.09. The minimum Gasteiger partial charge on any atom is -0.315 e. The summed E-state index contributed by atoms with van der Waals surface area (Å²) in [7, 11) is 0. The molecular formula is C19H21BrN2S. The highest BCUT2D eigenvalue weighted by Gasteiger charge is 2.14. The second-order valence-electron chi connectivity index (χ2n) is 5.53. The Balaban J connectivity index is 2.07.